The molecule has 0 bridgehead atoms. The van der Waals surface area contributed by atoms with E-state index < -0.39 is 0 Å². The number of aromatic nitrogens is 3. The van der Waals surface area contributed by atoms with E-state index in [0.29, 0.717) is 6.54 Å². The quantitative estimate of drug-likeness (QED) is 0.862. The number of aryl methyl sites for hydroxylation is 2. The lowest BCUT2D eigenvalue weighted by molar-refractivity contribution is 0.0956. The van der Waals surface area contributed by atoms with Crippen LogP contribution in [0.2, 0.25) is 0 Å². The second-order valence-corrected chi connectivity index (χ2v) is 6.82. The van der Waals surface area contributed by atoms with Crippen LogP contribution in [-0.2, 0) is 19.4 Å². The monoisotopic (exact) mass is 304 g/mol. The minimum absolute atomic E-state index is 0.0562. The normalized spacial score (nSPS) is 17.5. The van der Waals surface area contributed by atoms with Crippen molar-refractivity contribution < 1.29 is 4.79 Å². The highest BCUT2D eigenvalue weighted by molar-refractivity contribution is 7.14. The van der Waals surface area contributed by atoms with Gasteiger partial charge in [0.25, 0.3) is 5.91 Å². The lowest BCUT2D eigenvalue weighted by Gasteiger charge is -2.16. The van der Waals surface area contributed by atoms with E-state index in [4.69, 9.17) is 0 Å². The van der Waals surface area contributed by atoms with Gasteiger partial charge in [0.05, 0.1) is 11.1 Å². The molecular formula is C15H20N4OS. The molecule has 0 radical (unpaired) electrons. The fourth-order valence-corrected chi connectivity index (χ4v) is 3.82. The van der Waals surface area contributed by atoms with Crippen LogP contribution in [-0.4, -0.2) is 27.4 Å². The predicted molar refractivity (Wildman–Crippen MR) is 82.5 cm³/mol. The predicted octanol–water partition coefficient (Wildman–Crippen LogP) is 2.28. The average molecular weight is 304 g/mol. The number of rotatable bonds is 5. The van der Waals surface area contributed by atoms with E-state index in [9.17, 15) is 4.79 Å². The topological polar surface area (TPSA) is 59.8 Å². The number of nitrogens with zero attached hydrogens (tertiary/aromatic N) is 3. The summed E-state index contributed by atoms with van der Waals surface area (Å²) in [6, 6.07) is 2.09. The molecule has 21 heavy (non-hydrogen) atoms. The Bertz CT molecular complexity index is 605. The Kier molecular flexibility index (Phi) is 4.34. The van der Waals surface area contributed by atoms with E-state index in [1.54, 1.807) is 22.2 Å². The SMILES string of the molecule is CC1CCc2sc(C(=O)NCCCn3ccnn3)cc2C1. The summed E-state index contributed by atoms with van der Waals surface area (Å²) < 4.78 is 1.78. The zero-order valence-corrected chi connectivity index (χ0v) is 13.0. The van der Waals surface area contributed by atoms with Crippen LogP contribution >= 0.6 is 11.3 Å². The molecule has 0 saturated carbocycles. The van der Waals surface area contributed by atoms with Crippen LogP contribution in [0.4, 0.5) is 0 Å². The van der Waals surface area contributed by atoms with Crippen molar-refractivity contribution in [2.75, 3.05) is 6.54 Å². The van der Waals surface area contributed by atoms with Crippen molar-refractivity contribution in [1.29, 1.82) is 0 Å². The Balaban J connectivity index is 1.49. The Morgan fingerprint density at radius 1 is 1.57 bits per heavy atom. The standard InChI is InChI=1S/C15H20N4OS/c1-11-3-4-13-12(9-11)10-14(21-13)15(20)16-5-2-7-19-8-6-17-18-19/h6,8,10-11H,2-5,7,9H2,1H3,(H,16,20). The number of fused-ring (bicyclic) bond motifs is 1. The molecule has 6 heteroatoms. The van der Waals surface area contributed by atoms with Crippen LogP contribution in [0, 0.1) is 5.92 Å². The van der Waals surface area contributed by atoms with Crippen molar-refractivity contribution in [3.8, 4) is 0 Å². The van der Waals surface area contributed by atoms with Gasteiger partial charge in [-0.1, -0.05) is 12.1 Å². The van der Waals surface area contributed by atoms with Crippen molar-refractivity contribution in [3.05, 3.63) is 33.8 Å². The van der Waals surface area contributed by atoms with E-state index in [1.807, 2.05) is 6.20 Å². The van der Waals surface area contributed by atoms with Gasteiger partial charge in [0, 0.05) is 24.2 Å². The fourth-order valence-electron chi connectivity index (χ4n) is 2.70. The highest BCUT2D eigenvalue weighted by atomic mass is 32.1. The van der Waals surface area contributed by atoms with Crippen LogP contribution in [0.25, 0.3) is 0 Å². The molecule has 2 aromatic rings. The first-order valence-corrected chi connectivity index (χ1v) is 8.28. The van der Waals surface area contributed by atoms with Gasteiger partial charge in [-0.25, -0.2) is 0 Å². The maximum atomic E-state index is 12.2. The van der Waals surface area contributed by atoms with E-state index in [-0.39, 0.29) is 5.91 Å². The molecule has 1 unspecified atom stereocenters. The maximum absolute atomic E-state index is 12.2. The molecule has 5 nitrogen and oxygen atoms in total. The van der Waals surface area contributed by atoms with Crippen LogP contribution in [0.3, 0.4) is 0 Å². The summed E-state index contributed by atoms with van der Waals surface area (Å²) in [6.07, 6.45) is 7.84. The smallest absolute Gasteiger partial charge is 0.261 e. The molecule has 112 valence electrons. The van der Waals surface area contributed by atoms with Crippen LogP contribution in [0.1, 0.15) is 39.9 Å². The van der Waals surface area contributed by atoms with Gasteiger partial charge in [-0.15, -0.1) is 16.4 Å². The lowest BCUT2D eigenvalue weighted by Crippen LogP contribution is -2.24. The molecule has 1 aliphatic carbocycles. The van der Waals surface area contributed by atoms with Gasteiger partial charge in [-0.05, 0) is 43.2 Å². The molecule has 0 aromatic carbocycles. The first-order chi connectivity index (χ1) is 10.2. The van der Waals surface area contributed by atoms with Gasteiger partial charge in [0.1, 0.15) is 0 Å². The molecule has 0 aliphatic heterocycles. The molecule has 1 amide bonds. The first-order valence-electron chi connectivity index (χ1n) is 7.46. The number of thiophene rings is 1. The molecule has 0 fully saturated rings. The molecule has 1 atom stereocenters. The third-order valence-corrected chi connectivity index (χ3v) is 5.11. The summed E-state index contributed by atoms with van der Waals surface area (Å²) in [5, 5.41) is 10.6. The molecule has 2 heterocycles. The largest absolute Gasteiger partial charge is 0.351 e. The number of carbonyl (C=O) groups excluding carboxylic acids is 1. The molecule has 1 aliphatic rings. The van der Waals surface area contributed by atoms with Gasteiger partial charge in [-0.3, -0.25) is 9.48 Å². The van der Waals surface area contributed by atoms with Crippen molar-refractivity contribution in [2.45, 2.75) is 39.2 Å². The molecule has 3 rings (SSSR count). The Morgan fingerprint density at radius 3 is 3.29 bits per heavy atom. The molecule has 0 spiro atoms. The number of amides is 1. The summed E-state index contributed by atoms with van der Waals surface area (Å²) in [6.45, 7) is 3.72. The summed E-state index contributed by atoms with van der Waals surface area (Å²) >= 11 is 1.66. The van der Waals surface area contributed by atoms with Crippen molar-refractivity contribution in [3.63, 3.8) is 0 Å². The van der Waals surface area contributed by atoms with Crippen molar-refractivity contribution in [2.24, 2.45) is 5.92 Å². The minimum Gasteiger partial charge on any atom is -0.351 e. The van der Waals surface area contributed by atoms with Gasteiger partial charge >= 0.3 is 0 Å². The number of hydrogen-bond acceptors (Lipinski definition) is 4. The van der Waals surface area contributed by atoms with Crippen molar-refractivity contribution >= 4 is 17.2 Å². The van der Waals surface area contributed by atoms with E-state index in [1.165, 1.54) is 16.9 Å². The summed E-state index contributed by atoms with van der Waals surface area (Å²) in [5.74, 6) is 0.798. The third kappa shape index (κ3) is 3.50. The van der Waals surface area contributed by atoms with E-state index >= 15 is 0 Å². The second-order valence-electron chi connectivity index (χ2n) is 5.68. The maximum Gasteiger partial charge on any atom is 0.261 e. The number of carbonyl (C=O) groups is 1. The second kappa shape index (κ2) is 6.39. The van der Waals surface area contributed by atoms with Crippen LogP contribution in [0.15, 0.2) is 18.5 Å². The average Bonchev–Trinajstić information content (AvgIpc) is 3.11. The van der Waals surface area contributed by atoms with Crippen LogP contribution in [0.5, 0.6) is 0 Å². The highest BCUT2D eigenvalue weighted by Crippen LogP contribution is 2.32. The Morgan fingerprint density at radius 2 is 2.48 bits per heavy atom. The fraction of sp³-hybridized carbons (Fsp3) is 0.533. The highest BCUT2D eigenvalue weighted by Gasteiger charge is 2.20. The number of hydrogen-bond donors (Lipinski definition) is 1. The molecule has 2 aromatic heterocycles. The lowest BCUT2D eigenvalue weighted by atomic mass is 9.90. The third-order valence-electron chi connectivity index (χ3n) is 3.87. The van der Waals surface area contributed by atoms with Crippen LogP contribution < -0.4 is 5.32 Å². The Labute approximate surface area is 128 Å². The summed E-state index contributed by atoms with van der Waals surface area (Å²) in [4.78, 5) is 14.4. The zero-order chi connectivity index (χ0) is 14.7. The van der Waals surface area contributed by atoms with Gasteiger partial charge in [0.15, 0.2) is 0 Å². The molecule has 0 saturated heterocycles. The van der Waals surface area contributed by atoms with Gasteiger partial charge in [-0.2, -0.15) is 0 Å². The molecular weight excluding hydrogens is 284 g/mol. The van der Waals surface area contributed by atoms with Crippen molar-refractivity contribution in [1.82, 2.24) is 20.3 Å². The first kappa shape index (κ1) is 14.3. The van der Waals surface area contributed by atoms with E-state index in [2.05, 4.69) is 28.6 Å². The summed E-state index contributed by atoms with van der Waals surface area (Å²) in [7, 11) is 0. The zero-order valence-electron chi connectivity index (χ0n) is 12.2. The minimum atomic E-state index is 0.0562. The van der Waals surface area contributed by atoms with Gasteiger partial charge in [0.2, 0.25) is 0 Å². The number of nitrogens with one attached hydrogen (secondary N) is 1. The van der Waals surface area contributed by atoms with Gasteiger partial charge < -0.3 is 5.32 Å². The molecule has 1 N–H and O–H groups in total. The summed E-state index contributed by atoms with van der Waals surface area (Å²) in [5.41, 5.74) is 1.38. The van der Waals surface area contributed by atoms with E-state index in [0.717, 1.165) is 36.6 Å². The Hall–Kier alpha value is -1.69.